The maximum Gasteiger partial charge on any atom is 0.232 e. The highest BCUT2D eigenvalue weighted by Crippen LogP contribution is 2.34. The molecule has 1 aromatic heterocycles. The molecule has 8 heteroatoms. The Morgan fingerprint density at radius 3 is 2.82 bits per heavy atom. The van der Waals surface area contributed by atoms with E-state index >= 15 is 0 Å². The number of carbonyl (C=O) groups is 1. The highest BCUT2D eigenvalue weighted by atomic mass is 19.2. The topological polar surface area (TPSA) is 68.5 Å². The predicted octanol–water partition coefficient (Wildman–Crippen LogP) is 3.93. The molecular weight excluding hydrogens is 368 g/mol. The number of hydrogen-bond acceptors (Lipinski definition) is 5. The van der Waals surface area contributed by atoms with Crippen LogP contribution in [-0.2, 0) is 4.79 Å². The molecule has 144 valence electrons. The Labute approximate surface area is 159 Å². The second-order valence-corrected chi connectivity index (χ2v) is 6.39. The fourth-order valence-electron chi connectivity index (χ4n) is 3.22. The van der Waals surface area contributed by atoms with E-state index in [9.17, 15) is 13.6 Å². The van der Waals surface area contributed by atoms with Crippen molar-refractivity contribution in [2.45, 2.75) is 19.3 Å². The van der Waals surface area contributed by atoms with Crippen LogP contribution in [0.15, 0.2) is 47.0 Å². The second-order valence-electron chi connectivity index (χ2n) is 6.39. The zero-order valence-electron chi connectivity index (χ0n) is 15.1. The normalized spacial score (nSPS) is 16.6. The van der Waals surface area contributed by atoms with Gasteiger partial charge in [0, 0.05) is 24.7 Å². The van der Waals surface area contributed by atoms with Crippen molar-refractivity contribution in [1.82, 2.24) is 10.1 Å². The van der Waals surface area contributed by atoms with Crippen LogP contribution < -0.4 is 9.64 Å². The number of amides is 1. The van der Waals surface area contributed by atoms with Gasteiger partial charge in [-0.25, -0.2) is 8.78 Å². The monoisotopic (exact) mass is 385 g/mol. The molecular formula is C20H17F2N3O3. The summed E-state index contributed by atoms with van der Waals surface area (Å²) in [7, 11) is 0. The fraction of sp³-hybridized carbons (Fsp3) is 0.250. The Hall–Kier alpha value is -3.29. The lowest BCUT2D eigenvalue weighted by atomic mass is 10.1. The van der Waals surface area contributed by atoms with Crippen molar-refractivity contribution in [1.29, 1.82) is 0 Å². The molecule has 4 rings (SSSR count). The number of hydrogen-bond donors (Lipinski definition) is 0. The van der Waals surface area contributed by atoms with Gasteiger partial charge in [-0.05, 0) is 31.2 Å². The molecule has 1 aliphatic rings. The van der Waals surface area contributed by atoms with Crippen molar-refractivity contribution in [3.8, 4) is 17.1 Å². The summed E-state index contributed by atoms with van der Waals surface area (Å²) < 4.78 is 37.6. The van der Waals surface area contributed by atoms with Gasteiger partial charge in [-0.3, -0.25) is 4.79 Å². The zero-order chi connectivity index (χ0) is 19.7. The predicted molar refractivity (Wildman–Crippen MR) is 97.0 cm³/mol. The minimum atomic E-state index is -0.999. The standard InChI is InChI=1S/C20H17F2N3O3/c1-2-27-17-6-4-3-5-14(17)19-23-20(28-24-19)12-9-18(26)25(11-12)13-7-8-15(21)16(22)10-13/h3-8,10,12H,2,9,11H2,1H3. The number of nitrogens with zero attached hydrogens (tertiary/aromatic N) is 3. The molecule has 1 amide bonds. The Morgan fingerprint density at radius 2 is 2.04 bits per heavy atom. The lowest BCUT2D eigenvalue weighted by Gasteiger charge is -2.16. The molecule has 28 heavy (non-hydrogen) atoms. The van der Waals surface area contributed by atoms with Crippen LogP contribution in [0.2, 0.25) is 0 Å². The average Bonchev–Trinajstić information content (AvgIpc) is 3.32. The van der Waals surface area contributed by atoms with Crippen LogP contribution in [0.25, 0.3) is 11.4 Å². The van der Waals surface area contributed by atoms with E-state index in [0.29, 0.717) is 35.3 Å². The van der Waals surface area contributed by atoms with E-state index in [1.165, 1.54) is 11.0 Å². The maximum atomic E-state index is 13.5. The number of carbonyl (C=O) groups excluding carboxylic acids is 1. The molecule has 1 fully saturated rings. The van der Waals surface area contributed by atoms with Gasteiger partial charge in [0.05, 0.1) is 18.1 Å². The summed E-state index contributed by atoms with van der Waals surface area (Å²) in [6, 6.07) is 10.7. The van der Waals surface area contributed by atoms with E-state index in [1.54, 1.807) is 0 Å². The van der Waals surface area contributed by atoms with Crippen LogP contribution in [-0.4, -0.2) is 29.2 Å². The van der Waals surface area contributed by atoms with Crippen LogP contribution >= 0.6 is 0 Å². The number of anilines is 1. The third-order valence-corrected chi connectivity index (χ3v) is 4.56. The average molecular weight is 385 g/mol. The molecule has 0 aliphatic carbocycles. The summed E-state index contributed by atoms with van der Waals surface area (Å²) >= 11 is 0. The SMILES string of the molecule is CCOc1ccccc1-c1noc(C2CC(=O)N(c3ccc(F)c(F)c3)C2)n1. The zero-order valence-corrected chi connectivity index (χ0v) is 15.1. The summed E-state index contributed by atoms with van der Waals surface area (Å²) in [6.07, 6.45) is 0.147. The van der Waals surface area contributed by atoms with E-state index in [-0.39, 0.29) is 24.8 Å². The molecule has 0 saturated carbocycles. The summed E-state index contributed by atoms with van der Waals surface area (Å²) in [5.41, 5.74) is 0.994. The molecule has 1 saturated heterocycles. The lowest BCUT2D eigenvalue weighted by Crippen LogP contribution is -2.24. The number of rotatable bonds is 5. The quantitative estimate of drug-likeness (QED) is 0.666. The van der Waals surface area contributed by atoms with Crippen molar-refractivity contribution < 1.29 is 22.8 Å². The van der Waals surface area contributed by atoms with Gasteiger partial charge in [-0.15, -0.1) is 0 Å². The van der Waals surface area contributed by atoms with Crippen LogP contribution in [0.5, 0.6) is 5.75 Å². The molecule has 6 nitrogen and oxygen atoms in total. The van der Waals surface area contributed by atoms with Gasteiger partial charge in [0.25, 0.3) is 0 Å². The Bertz CT molecular complexity index is 1020. The molecule has 2 heterocycles. The van der Waals surface area contributed by atoms with Gasteiger partial charge in [0.2, 0.25) is 17.6 Å². The number of aromatic nitrogens is 2. The third-order valence-electron chi connectivity index (χ3n) is 4.56. The Balaban J connectivity index is 1.57. The minimum Gasteiger partial charge on any atom is -0.493 e. The molecule has 1 aliphatic heterocycles. The van der Waals surface area contributed by atoms with E-state index < -0.39 is 11.6 Å². The fourth-order valence-corrected chi connectivity index (χ4v) is 3.22. The third kappa shape index (κ3) is 3.33. The summed E-state index contributed by atoms with van der Waals surface area (Å²) in [4.78, 5) is 18.2. The Morgan fingerprint density at radius 1 is 1.21 bits per heavy atom. The molecule has 1 atom stereocenters. The van der Waals surface area contributed by atoms with Gasteiger partial charge < -0.3 is 14.2 Å². The first-order chi connectivity index (χ1) is 13.6. The molecule has 0 radical (unpaired) electrons. The van der Waals surface area contributed by atoms with Gasteiger partial charge >= 0.3 is 0 Å². The summed E-state index contributed by atoms with van der Waals surface area (Å²) in [5, 5.41) is 4.02. The number of halogens is 2. The van der Waals surface area contributed by atoms with Gasteiger partial charge in [0.15, 0.2) is 11.6 Å². The molecule has 0 spiro atoms. The summed E-state index contributed by atoms with van der Waals surface area (Å²) in [6.45, 7) is 2.64. The maximum absolute atomic E-state index is 13.5. The summed E-state index contributed by atoms with van der Waals surface area (Å²) in [5.74, 6) is -1.17. The van der Waals surface area contributed by atoms with E-state index in [2.05, 4.69) is 10.1 Å². The molecule has 0 N–H and O–H groups in total. The van der Waals surface area contributed by atoms with Crippen LogP contribution in [0.3, 0.4) is 0 Å². The highest BCUT2D eigenvalue weighted by Gasteiger charge is 2.35. The van der Waals surface area contributed by atoms with Crippen molar-refractivity contribution in [3.63, 3.8) is 0 Å². The van der Waals surface area contributed by atoms with Crippen molar-refractivity contribution >= 4 is 11.6 Å². The smallest absolute Gasteiger partial charge is 0.232 e. The van der Waals surface area contributed by atoms with Gasteiger partial charge in [-0.2, -0.15) is 4.98 Å². The lowest BCUT2D eigenvalue weighted by molar-refractivity contribution is -0.117. The van der Waals surface area contributed by atoms with Crippen LogP contribution in [0.1, 0.15) is 25.2 Å². The Kier molecular flexibility index (Phi) is 4.77. The molecule has 3 aromatic rings. The first kappa shape index (κ1) is 18.1. The van der Waals surface area contributed by atoms with E-state index in [1.807, 2.05) is 31.2 Å². The molecule has 0 bridgehead atoms. The number of ether oxygens (including phenoxy) is 1. The van der Waals surface area contributed by atoms with E-state index in [4.69, 9.17) is 9.26 Å². The number of para-hydroxylation sites is 1. The van der Waals surface area contributed by atoms with Crippen molar-refractivity contribution in [2.75, 3.05) is 18.1 Å². The van der Waals surface area contributed by atoms with Crippen molar-refractivity contribution in [2.24, 2.45) is 0 Å². The van der Waals surface area contributed by atoms with Crippen LogP contribution in [0, 0.1) is 11.6 Å². The van der Waals surface area contributed by atoms with E-state index in [0.717, 1.165) is 12.1 Å². The van der Waals surface area contributed by atoms with Gasteiger partial charge in [-0.1, -0.05) is 17.3 Å². The first-order valence-corrected chi connectivity index (χ1v) is 8.88. The number of benzene rings is 2. The molecule has 2 aromatic carbocycles. The van der Waals surface area contributed by atoms with Crippen molar-refractivity contribution in [3.05, 3.63) is 60.0 Å². The second kappa shape index (κ2) is 7.38. The largest absolute Gasteiger partial charge is 0.493 e. The highest BCUT2D eigenvalue weighted by molar-refractivity contribution is 5.96. The first-order valence-electron chi connectivity index (χ1n) is 8.88. The van der Waals surface area contributed by atoms with Crippen LogP contribution in [0.4, 0.5) is 14.5 Å². The minimum absolute atomic E-state index is 0.147. The van der Waals surface area contributed by atoms with Gasteiger partial charge in [0.1, 0.15) is 5.75 Å². The molecule has 1 unspecified atom stereocenters.